The molecule has 0 radical (unpaired) electrons. The van der Waals surface area contributed by atoms with E-state index in [4.69, 9.17) is 0 Å². The van der Waals surface area contributed by atoms with Gasteiger partial charge in [-0.25, -0.2) is 0 Å². The number of thioether (sulfide) groups is 1. The lowest BCUT2D eigenvalue weighted by atomic mass is 10.1. The Hall–Kier alpha value is -1.46. The minimum Gasteiger partial charge on any atom is -0.387 e. The summed E-state index contributed by atoms with van der Waals surface area (Å²) in [7, 11) is 0. The van der Waals surface area contributed by atoms with Crippen molar-refractivity contribution in [2.45, 2.75) is 12.5 Å². The van der Waals surface area contributed by atoms with Crippen LogP contribution in [0.3, 0.4) is 0 Å². The molecular formula is C14H18N2O2S. The van der Waals surface area contributed by atoms with E-state index < -0.39 is 5.60 Å². The number of rotatable bonds is 5. The Morgan fingerprint density at radius 1 is 1.47 bits per heavy atom. The first-order valence-corrected chi connectivity index (χ1v) is 7.48. The van der Waals surface area contributed by atoms with Crippen molar-refractivity contribution in [3.05, 3.63) is 36.0 Å². The molecule has 0 fully saturated rings. The zero-order chi connectivity index (χ0) is 13.9. The van der Waals surface area contributed by atoms with Crippen molar-refractivity contribution in [2.24, 2.45) is 0 Å². The molecule has 1 unspecified atom stereocenters. The van der Waals surface area contributed by atoms with Crippen molar-refractivity contribution in [2.75, 3.05) is 18.6 Å². The maximum Gasteiger partial charge on any atom is 0.267 e. The average molecular weight is 278 g/mol. The van der Waals surface area contributed by atoms with Gasteiger partial charge in [0.2, 0.25) is 0 Å². The van der Waals surface area contributed by atoms with Crippen molar-refractivity contribution in [3.8, 4) is 0 Å². The molecule has 5 heteroatoms. The molecule has 0 saturated carbocycles. The Balaban J connectivity index is 2.04. The predicted molar refractivity (Wildman–Crippen MR) is 79.6 cm³/mol. The Bertz CT molecular complexity index is 545. The molecule has 0 saturated heterocycles. The van der Waals surface area contributed by atoms with E-state index in [-0.39, 0.29) is 12.5 Å². The number of carbonyl (C=O) groups is 1. The van der Waals surface area contributed by atoms with E-state index in [0.717, 1.165) is 10.9 Å². The molecule has 0 aliphatic carbocycles. The molecule has 4 nitrogen and oxygen atoms in total. The number of nitrogens with one attached hydrogen (secondary N) is 2. The number of H-pyrrole nitrogens is 1. The maximum absolute atomic E-state index is 12.0. The van der Waals surface area contributed by atoms with E-state index in [1.165, 1.54) is 0 Å². The van der Waals surface area contributed by atoms with Crippen LogP contribution in [0, 0.1) is 0 Å². The van der Waals surface area contributed by atoms with Crippen molar-refractivity contribution >= 4 is 28.6 Å². The second-order valence-electron chi connectivity index (χ2n) is 4.88. The summed E-state index contributed by atoms with van der Waals surface area (Å²) < 4.78 is 0. The first-order chi connectivity index (χ1) is 9.02. The largest absolute Gasteiger partial charge is 0.387 e. The number of para-hydroxylation sites is 1. The Morgan fingerprint density at radius 3 is 2.89 bits per heavy atom. The van der Waals surface area contributed by atoms with Crippen LogP contribution in [-0.4, -0.2) is 40.2 Å². The summed E-state index contributed by atoms with van der Waals surface area (Å²) in [5.74, 6) is 0.387. The molecule has 19 heavy (non-hydrogen) atoms. The zero-order valence-corrected chi connectivity index (χ0v) is 11.9. The summed E-state index contributed by atoms with van der Waals surface area (Å²) in [6.45, 7) is 1.96. The van der Waals surface area contributed by atoms with Gasteiger partial charge < -0.3 is 15.4 Å². The monoisotopic (exact) mass is 278 g/mol. The highest BCUT2D eigenvalue weighted by molar-refractivity contribution is 7.98. The quantitative estimate of drug-likeness (QED) is 0.784. The van der Waals surface area contributed by atoms with Gasteiger partial charge in [0.1, 0.15) is 5.69 Å². The van der Waals surface area contributed by atoms with Crippen LogP contribution in [0.25, 0.3) is 10.9 Å². The third kappa shape index (κ3) is 3.52. The molecule has 1 amide bonds. The summed E-state index contributed by atoms with van der Waals surface area (Å²) in [5, 5.41) is 13.8. The summed E-state index contributed by atoms with van der Waals surface area (Å²) in [6, 6.07) is 9.54. The lowest BCUT2D eigenvalue weighted by Gasteiger charge is -2.22. The van der Waals surface area contributed by atoms with Gasteiger partial charge in [-0.05, 0) is 25.3 Å². The fraction of sp³-hybridized carbons (Fsp3) is 0.357. The van der Waals surface area contributed by atoms with Crippen LogP contribution in [0.4, 0.5) is 0 Å². The Morgan fingerprint density at radius 2 is 2.21 bits per heavy atom. The van der Waals surface area contributed by atoms with E-state index in [1.807, 2.05) is 36.6 Å². The van der Waals surface area contributed by atoms with E-state index in [2.05, 4.69) is 10.3 Å². The van der Waals surface area contributed by atoms with E-state index in [0.29, 0.717) is 11.4 Å². The zero-order valence-electron chi connectivity index (χ0n) is 11.1. The first-order valence-electron chi connectivity index (χ1n) is 6.09. The van der Waals surface area contributed by atoms with Crippen molar-refractivity contribution in [1.29, 1.82) is 0 Å². The normalized spacial score (nSPS) is 14.3. The number of carbonyl (C=O) groups excluding carboxylic acids is 1. The van der Waals surface area contributed by atoms with Gasteiger partial charge in [-0.3, -0.25) is 4.79 Å². The molecule has 1 aromatic heterocycles. The fourth-order valence-corrected chi connectivity index (χ4v) is 2.65. The van der Waals surface area contributed by atoms with Crippen molar-refractivity contribution in [1.82, 2.24) is 10.3 Å². The number of hydrogen-bond acceptors (Lipinski definition) is 3. The standard InChI is InChI=1S/C14H18N2O2S/c1-14(18,9-19-2)8-15-13(17)12-7-10-5-3-4-6-11(10)16-12/h3-7,16,18H,8-9H2,1-2H3,(H,15,17). The molecule has 1 aromatic carbocycles. The second-order valence-corrected chi connectivity index (χ2v) is 5.75. The van der Waals surface area contributed by atoms with Gasteiger partial charge in [-0.2, -0.15) is 11.8 Å². The molecule has 1 heterocycles. The summed E-state index contributed by atoms with van der Waals surface area (Å²) in [4.78, 5) is 15.1. The summed E-state index contributed by atoms with van der Waals surface area (Å²) in [6.07, 6.45) is 1.92. The van der Waals surface area contributed by atoms with Gasteiger partial charge in [-0.1, -0.05) is 18.2 Å². The van der Waals surface area contributed by atoms with Crippen LogP contribution in [0.5, 0.6) is 0 Å². The van der Waals surface area contributed by atoms with E-state index in [1.54, 1.807) is 18.7 Å². The van der Waals surface area contributed by atoms with Crippen molar-refractivity contribution < 1.29 is 9.90 Å². The third-order valence-corrected chi connectivity index (χ3v) is 3.77. The molecule has 3 N–H and O–H groups in total. The summed E-state index contributed by atoms with van der Waals surface area (Å²) in [5.41, 5.74) is 0.561. The number of aromatic nitrogens is 1. The van der Waals surface area contributed by atoms with Crippen LogP contribution in [0.2, 0.25) is 0 Å². The van der Waals surface area contributed by atoms with Gasteiger partial charge in [0.05, 0.1) is 5.60 Å². The minimum atomic E-state index is -0.888. The molecule has 1 atom stereocenters. The number of hydrogen-bond donors (Lipinski definition) is 3. The van der Waals surface area contributed by atoms with Gasteiger partial charge >= 0.3 is 0 Å². The number of aliphatic hydroxyl groups is 1. The summed E-state index contributed by atoms with van der Waals surface area (Å²) >= 11 is 1.55. The minimum absolute atomic E-state index is 0.197. The van der Waals surface area contributed by atoms with Crippen molar-refractivity contribution in [3.63, 3.8) is 0 Å². The molecule has 2 rings (SSSR count). The van der Waals surface area contributed by atoms with Crippen LogP contribution in [0.1, 0.15) is 17.4 Å². The second kappa shape index (κ2) is 5.67. The average Bonchev–Trinajstić information content (AvgIpc) is 2.79. The molecule has 0 aliphatic heterocycles. The molecule has 0 bridgehead atoms. The van der Waals surface area contributed by atoms with Gasteiger partial charge in [0.15, 0.2) is 0 Å². The molecule has 0 aliphatic rings. The van der Waals surface area contributed by atoms with Gasteiger partial charge in [-0.15, -0.1) is 0 Å². The Labute approximate surface area is 116 Å². The number of fused-ring (bicyclic) bond motifs is 1. The maximum atomic E-state index is 12.0. The number of amides is 1. The molecule has 0 spiro atoms. The van der Waals surface area contributed by atoms with Crippen LogP contribution < -0.4 is 5.32 Å². The first kappa shape index (κ1) is 14.0. The predicted octanol–water partition coefficient (Wildman–Crippen LogP) is 2.01. The highest BCUT2D eigenvalue weighted by atomic mass is 32.2. The Kier molecular flexibility index (Phi) is 4.17. The van der Waals surface area contributed by atoms with Crippen LogP contribution in [0.15, 0.2) is 30.3 Å². The highest BCUT2D eigenvalue weighted by Crippen LogP contribution is 2.15. The smallest absolute Gasteiger partial charge is 0.267 e. The molecule has 2 aromatic rings. The van der Waals surface area contributed by atoms with E-state index in [9.17, 15) is 9.90 Å². The number of benzene rings is 1. The topological polar surface area (TPSA) is 65.1 Å². The van der Waals surface area contributed by atoms with Gasteiger partial charge in [0, 0.05) is 23.2 Å². The van der Waals surface area contributed by atoms with Crippen LogP contribution >= 0.6 is 11.8 Å². The molecule has 102 valence electrons. The third-order valence-electron chi connectivity index (χ3n) is 2.86. The van der Waals surface area contributed by atoms with E-state index >= 15 is 0 Å². The van der Waals surface area contributed by atoms with Crippen LogP contribution in [-0.2, 0) is 0 Å². The molecular weight excluding hydrogens is 260 g/mol. The lowest BCUT2D eigenvalue weighted by molar-refractivity contribution is 0.0723. The van der Waals surface area contributed by atoms with Gasteiger partial charge in [0.25, 0.3) is 5.91 Å². The lowest BCUT2D eigenvalue weighted by Crippen LogP contribution is -2.42. The fourth-order valence-electron chi connectivity index (χ4n) is 1.92. The SMILES string of the molecule is CSCC(C)(O)CNC(=O)c1cc2ccccc2[nH]1. The highest BCUT2D eigenvalue weighted by Gasteiger charge is 2.21. The number of aromatic amines is 1.